The van der Waals surface area contributed by atoms with Gasteiger partial charge in [0.1, 0.15) is 42.0 Å². The van der Waals surface area contributed by atoms with Crippen LogP contribution in [-0.2, 0) is 36.4 Å². The number of fused-ring (bicyclic) bond motifs is 6. The minimum atomic E-state index is -3.24. The van der Waals surface area contributed by atoms with Crippen LogP contribution in [0.3, 0.4) is 0 Å². The number of ether oxygens (including phenoxy) is 2. The number of thioether (sulfide) groups is 1. The number of rotatable bonds is 7. The average molecular weight is 774 g/mol. The summed E-state index contributed by atoms with van der Waals surface area (Å²) in [6, 6.07) is 15.5. The van der Waals surface area contributed by atoms with Gasteiger partial charge in [-0.05, 0) is 96.1 Å². The van der Waals surface area contributed by atoms with Crippen LogP contribution in [-0.4, -0.2) is 60.6 Å². The SMILES string of the molecule is CC1(C)SC2C(N=C(N)COc3ccc4c(c3)S(=N)(=O)Cc3c-4[nH]c4ccc(F)cc34)C(=O)N2C1C(=O)OCc1ccc(I)cc1. The summed E-state index contributed by atoms with van der Waals surface area (Å²) < 4.78 is 48.0. The number of benzene rings is 3. The Kier molecular flexibility index (Phi) is 7.59. The van der Waals surface area contributed by atoms with Crippen LogP contribution in [0.25, 0.3) is 22.2 Å². The zero-order valence-corrected chi connectivity index (χ0v) is 28.5. The number of esters is 1. The van der Waals surface area contributed by atoms with E-state index in [1.165, 1.54) is 28.8 Å². The maximum absolute atomic E-state index is 13.9. The van der Waals surface area contributed by atoms with E-state index in [0.29, 0.717) is 38.4 Å². The molecule has 238 valence electrons. The van der Waals surface area contributed by atoms with Crippen molar-refractivity contribution in [3.63, 3.8) is 0 Å². The van der Waals surface area contributed by atoms with Crippen LogP contribution in [0, 0.1) is 14.2 Å². The zero-order valence-electron chi connectivity index (χ0n) is 24.7. The maximum Gasteiger partial charge on any atom is 0.330 e. The van der Waals surface area contributed by atoms with E-state index < -0.39 is 38.3 Å². The monoisotopic (exact) mass is 773 g/mol. The van der Waals surface area contributed by atoms with Crippen LogP contribution in [0.5, 0.6) is 5.75 Å². The largest absolute Gasteiger partial charge is 0.486 e. The Bertz CT molecular complexity index is 2060. The zero-order chi connectivity index (χ0) is 32.5. The number of nitrogens with zero attached hydrogens (tertiary/aromatic N) is 2. The number of nitrogens with two attached hydrogens (primary N) is 1. The highest BCUT2D eigenvalue weighted by atomic mass is 127. The van der Waals surface area contributed by atoms with Gasteiger partial charge in [-0.3, -0.25) is 9.79 Å². The third kappa shape index (κ3) is 5.33. The van der Waals surface area contributed by atoms with Crippen molar-refractivity contribution in [3.8, 4) is 17.0 Å². The van der Waals surface area contributed by atoms with Crippen LogP contribution in [0.4, 0.5) is 4.39 Å². The summed E-state index contributed by atoms with van der Waals surface area (Å²) in [7, 11) is -3.24. The Balaban J connectivity index is 1.03. The van der Waals surface area contributed by atoms with Gasteiger partial charge in [0, 0.05) is 24.8 Å². The van der Waals surface area contributed by atoms with Gasteiger partial charge in [-0.1, -0.05) is 12.1 Å². The second-order valence-corrected chi connectivity index (χ2v) is 17.1. The molecule has 7 rings (SSSR count). The average Bonchev–Trinajstić information content (AvgIpc) is 3.49. The number of aromatic amines is 1. The highest BCUT2D eigenvalue weighted by Gasteiger charge is 2.64. The summed E-state index contributed by atoms with van der Waals surface area (Å²) in [5.41, 5.74) is 9.72. The topological polar surface area (TPSA) is 151 Å². The number of hydrogen-bond donors (Lipinski definition) is 3. The van der Waals surface area contributed by atoms with E-state index >= 15 is 0 Å². The molecular formula is C32H29FIN5O5S2. The van der Waals surface area contributed by atoms with Crippen LogP contribution in [0.2, 0.25) is 0 Å². The second kappa shape index (κ2) is 11.3. The molecule has 14 heteroatoms. The van der Waals surface area contributed by atoms with E-state index in [-0.39, 0.29) is 36.1 Å². The molecule has 3 aliphatic heterocycles. The van der Waals surface area contributed by atoms with Crippen LogP contribution >= 0.6 is 34.4 Å². The third-order valence-corrected chi connectivity index (χ3v) is 12.4. The van der Waals surface area contributed by atoms with Crippen molar-refractivity contribution in [3.05, 3.63) is 81.2 Å². The van der Waals surface area contributed by atoms with E-state index in [1.54, 1.807) is 24.3 Å². The first-order valence-electron chi connectivity index (χ1n) is 14.4. The van der Waals surface area contributed by atoms with Gasteiger partial charge in [-0.25, -0.2) is 18.2 Å². The first-order valence-corrected chi connectivity index (χ1v) is 18.1. The van der Waals surface area contributed by atoms with Crippen LogP contribution < -0.4 is 10.5 Å². The number of nitrogens with one attached hydrogen (secondary N) is 2. The van der Waals surface area contributed by atoms with Crippen molar-refractivity contribution in [1.29, 1.82) is 4.78 Å². The quantitative estimate of drug-likeness (QED) is 0.0748. The molecule has 1 aromatic heterocycles. The minimum Gasteiger partial charge on any atom is -0.486 e. The van der Waals surface area contributed by atoms with Crippen molar-refractivity contribution in [2.24, 2.45) is 10.7 Å². The van der Waals surface area contributed by atoms with Gasteiger partial charge in [0.25, 0.3) is 5.91 Å². The van der Waals surface area contributed by atoms with E-state index in [2.05, 4.69) is 32.6 Å². The molecule has 46 heavy (non-hydrogen) atoms. The molecule has 10 nitrogen and oxygen atoms in total. The van der Waals surface area contributed by atoms with Gasteiger partial charge in [0.05, 0.1) is 26.1 Å². The number of halogens is 2. The van der Waals surface area contributed by atoms with E-state index in [0.717, 1.165) is 9.13 Å². The van der Waals surface area contributed by atoms with Gasteiger partial charge in [-0.15, -0.1) is 11.8 Å². The molecule has 3 aromatic carbocycles. The fourth-order valence-corrected chi connectivity index (χ4v) is 9.89. The van der Waals surface area contributed by atoms with Crippen molar-refractivity contribution >= 4 is 72.7 Å². The lowest BCUT2D eigenvalue weighted by molar-refractivity contribution is -0.163. The molecular weight excluding hydrogens is 744 g/mol. The molecule has 0 spiro atoms. The number of carbonyl (C=O) groups is 2. The third-order valence-electron chi connectivity index (χ3n) is 8.42. The molecule has 2 fully saturated rings. The number of amidine groups is 1. The predicted molar refractivity (Wildman–Crippen MR) is 182 cm³/mol. The predicted octanol–water partition coefficient (Wildman–Crippen LogP) is 5.41. The molecule has 4 aromatic rings. The molecule has 4 unspecified atom stereocenters. The first kappa shape index (κ1) is 31.0. The summed E-state index contributed by atoms with van der Waals surface area (Å²) in [6.07, 6.45) is 0. The lowest BCUT2D eigenvalue weighted by atomic mass is 9.96. The van der Waals surface area contributed by atoms with Crippen molar-refractivity contribution in [2.45, 2.75) is 53.3 Å². The normalized spacial score (nSPS) is 24.6. The Morgan fingerprint density at radius 1 is 1.22 bits per heavy atom. The highest BCUT2D eigenvalue weighted by Crippen LogP contribution is 2.52. The number of amides is 1. The minimum absolute atomic E-state index is 0.0538. The lowest BCUT2D eigenvalue weighted by Gasteiger charge is -2.42. The first-order chi connectivity index (χ1) is 21.8. The molecule has 4 heterocycles. The number of aliphatic imine (C=N–C) groups is 1. The van der Waals surface area contributed by atoms with Crippen molar-refractivity contribution in [2.75, 3.05) is 6.61 Å². The fraction of sp³-hybridized carbons (Fsp3) is 0.281. The number of H-pyrrole nitrogens is 1. The van der Waals surface area contributed by atoms with E-state index in [4.69, 9.17) is 20.0 Å². The maximum atomic E-state index is 13.9. The Morgan fingerprint density at radius 3 is 2.74 bits per heavy atom. The molecule has 0 aliphatic carbocycles. The molecule has 3 aliphatic rings. The Hall–Kier alpha value is -3.63. The molecule has 0 bridgehead atoms. The van der Waals surface area contributed by atoms with Crippen LogP contribution in [0.1, 0.15) is 25.0 Å². The smallest absolute Gasteiger partial charge is 0.330 e. The standard InChI is InChI=1S/C32H29FIN5O5S2/c1-32(2)28(31(41)44-13-16-3-6-18(34)7-4-16)39-29(40)27(30(39)45-32)38-25(35)14-43-19-8-9-20-24(12-19)46(36,42)15-22-21-11-17(33)5-10-23(21)37-26(20)22/h3-12,27-28,30,36-37H,13-15H2,1-2H3,(H2,35,38). The number of aromatic nitrogens is 1. The highest BCUT2D eigenvalue weighted by molar-refractivity contribution is 14.1. The van der Waals surface area contributed by atoms with Gasteiger partial charge >= 0.3 is 5.97 Å². The Morgan fingerprint density at radius 2 is 1.98 bits per heavy atom. The molecule has 2 saturated heterocycles. The van der Waals surface area contributed by atoms with Crippen LogP contribution in [0.15, 0.2) is 70.6 Å². The summed E-state index contributed by atoms with van der Waals surface area (Å²) >= 11 is 3.69. The number of hydrogen-bond acceptors (Lipinski definition) is 8. The molecule has 1 amide bonds. The molecule has 0 saturated carbocycles. The summed E-state index contributed by atoms with van der Waals surface area (Å²) in [5, 5.41) is 0.246. The lowest BCUT2D eigenvalue weighted by Crippen LogP contribution is -2.65. The molecule has 4 N–H and O–H groups in total. The van der Waals surface area contributed by atoms with E-state index in [9.17, 15) is 18.2 Å². The van der Waals surface area contributed by atoms with Gasteiger partial charge < -0.3 is 25.1 Å². The molecule has 0 radical (unpaired) electrons. The van der Waals surface area contributed by atoms with Gasteiger partial charge in [-0.2, -0.15) is 0 Å². The number of β-lactam (4-membered cyclic amide) rings is 1. The van der Waals surface area contributed by atoms with Gasteiger partial charge in [0.2, 0.25) is 0 Å². The summed E-state index contributed by atoms with van der Waals surface area (Å²) in [6.45, 7) is 3.79. The van der Waals surface area contributed by atoms with E-state index in [1.807, 2.05) is 38.1 Å². The number of carbonyl (C=O) groups excluding carboxylic acids is 2. The Labute approximate surface area is 282 Å². The van der Waals surface area contributed by atoms with Crippen molar-refractivity contribution in [1.82, 2.24) is 9.88 Å². The summed E-state index contributed by atoms with van der Waals surface area (Å²) in [5.74, 6) is -0.791. The summed E-state index contributed by atoms with van der Waals surface area (Å²) in [4.78, 5) is 35.9. The van der Waals surface area contributed by atoms with Gasteiger partial charge in [0.15, 0.2) is 6.04 Å². The second-order valence-electron chi connectivity index (χ2n) is 12.0. The molecule has 4 atom stereocenters. The van der Waals surface area contributed by atoms with Crippen molar-refractivity contribution < 1.29 is 27.7 Å². The fourth-order valence-electron chi connectivity index (χ4n) is 6.23.